The molecule has 0 radical (unpaired) electrons. The van der Waals surface area contributed by atoms with Crippen LogP contribution in [0.5, 0.6) is 0 Å². The zero-order valence-corrected chi connectivity index (χ0v) is 13.4. The number of aromatic nitrogens is 3. The van der Waals surface area contributed by atoms with Crippen LogP contribution < -0.4 is 5.32 Å². The molecular weight excluding hydrogens is 332 g/mol. The molecule has 0 spiro atoms. The summed E-state index contributed by atoms with van der Waals surface area (Å²) in [5, 5.41) is 9.98. The molecule has 1 aliphatic carbocycles. The molecule has 6 heteroatoms. The summed E-state index contributed by atoms with van der Waals surface area (Å²) in [5.74, 6) is 0.327. The van der Waals surface area contributed by atoms with E-state index in [4.69, 9.17) is 0 Å². The van der Waals surface area contributed by atoms with Crippen molar-refractivity contribution in [1.82, 2.24) is 15.2 Å². The summed E-state index contributed by atoms with van der Waals surface area (Å²) in [6.07, 6.45) is 5.43. The van der Waals surface area contributed by atoms with Gasteiger partial charge in [0, 0.05) is 6.20 Å². The van der Waals surface area contributed by atoms with E-state index in [9.17, 15) is 4.79 Å². The number of carbonyl (C=O) groups excluding carboxylic acids is 1. The van der Waals surface area contributed by atoms with Crippen molar-refractivity contribution in [3.8, 4) is 0 Å². The number of carbonyl (C=O) groups is 1. The normalized spacial score (nSPS) is 17.3. The number of aryl methyl sites for hydroxylation is 2. The Morgan fingerprint density at radius 3 is 3.19 bits per heavy atom. The van der Waals surface area contributed by atoms with Crippen LogP contribution in [-0.2, 0) is 17.6 Å². The van der Waals surface area contributed by atoms with Crippen LogP contribution >= 0.6 is 15.9 Å². The molecule has 21 heavy (non-hydrogen) atoms. The van der Waals surface area contributed by atoms with Crippen LogP contribution in [0.3, 0.4) is 0 Å². The minimum absolute atomic E-state index is 0.0375. The minimum atomic E-state index is -0.191. The fourth-order valence-corrected chi connectivity index (χ4v) is 3.31. The third kappa shape index (κ3) is 2.72. The van der Waals surface area contributed by atoms with E-state index in [1.807, 2.05) is 13.0 Å². The molecule has 2 N–H and O–H groups in total. The summed E-state index contributed by atoms with van der Waals surface area (Å²) in [5.41, 5.74) is 3.07. The van der Waals surface area contributed by atoms with Crippen molar-refractivity contribution in [3.05, 3.63) is 39.8 Å². The van der Waals surface area contributed by atoms with Gasteiger partial charge in [-0.2, -0.15) is 5.10 Å². The molecule has 2 heterocycles. The first-order valence-corrected chi connectivity index (χ1v) is 7.97. The van der Waals surface area contributed by atoms with Crippen LogP contribution in [0.25, 0.3) is 0 Å². The quantitative estimate of drug-likeness (QED) is 0.894. The first kappa shape index (κ1) is 14.3. The Kier molecular flexibility index (Phi) is 4.05. The third-order valence-corrected chi connectivity index (χ3v) is 4.74. The standard InChI is InChI=1S/C15H17BrN4O/c1-2-11-12(16)14(20-19-11)18-15(21)10-7-3-5-9-6-4-8-17-13(9)10/h4,6,8,10H,2-3,5,7H2,1H3,(H2,18,19,20,21)/t10-/m1/s1. The number of H-pyrrole nitrogens is 1. The monoisotopic (exact) mass is 348 g/mol. The molecule has 3 rings (SSSR count). The lowest BCUT2D eigenvalue weighted by molar-refractivity contribution is -0.118. The summed E-state index contributed by atoms with van der Waals surface area (Å²) in [7, 11) is 0. The highest BCUT2D eigenvalue weighted by molar-refractivity contribution is 9.10. The predicted molar refractivity (Wildman–Crippen MR) is 84.2 cm³/mol. The fraction of sp³-hybridized carbons (Fsp3) is 0.400. The Morgan fingerprint density at radius 1 is 1.57 bits per heavy atom. The van der Waals surface area contributed by atoms with E-state index in [-0.39, 0.29) is 11.8 Å². The summed E-state index contributed by atoms with van der Waals surface area (Å²) in [6.45, 7) is 2.03. The second-order valence-electron chi connectivity index (χ2n) is 5.20. The molecule has 1 amide bonds. The predicted octanol–water partition coefficient (Wildman–Crippen LogP) is 3.19. The molecule has 0 saturated carbocycles. The van der Waals surface area contributed by atoms with Crippen LogP contribution in [-0.4, -0.2) is 21.1 Å². The van der Waals surface area contributed by atoms with Gasteiger partial charge in [0.1, 0.15) is 0 Å². The van der Waals surface area contributed by atoms with Gasteiger partial charge in [0.25, 0.3) is 0 Å². The SMILES string of the molecule is CCc1[nH]nc(NC(=O)[C@@H]2CCCc3cccnc32)c1Br. The van der Waals surface area contributed by atoms with Gasteiger partial charge in [-0.15, -0.1) is 0 Å². The molecule has 0 aromatic carbocycles. The van der Waals surface area contributed by atoms with Gasteiger partial charge in [-0.3, -0.25) is 14.9 Å². The number of amides is 1. The van der Waals surface area contributed by atoms with Gasteiger partial charge in [-0.25, -0.2) is 0 Å². The molecule has 0 fully saturated rings. The third-order valence-electron chi connectivity index (χ3n) is 3.88. The van der Waals surface area contributed by atoms with Crippen molar-refractivity contribution in [2.75, 3.05) is 5.32 Å². The number of pyridine rings is 1. The summed E-state index contributed by atoms with van der Waals surface area (Å²) in [6, 6.07) is 3.98. The van der Waals surface area contributed by atoms with Crippen molar-refractivity contribution >= 4 is 27.7 Å². The van der Waals surface area contributed by atoms with Gasteiger partial charge in [-0.05, 0) is 53.2 Å². The van der Waals surface area contributed by atoms with E-state index in [2.05, 4.69) is 42.5 Å². The maximum absolute atomic E-state index is 12.6. The zero-order chi connectivity index (χ0) is 14.8. The number of hydrogen-bond acceptors (Lipinski definition) is 3. The van der Waals surface area contributed by atoms with Gasteiger partial charge < -0.3 is 5.32 Å². The highest BCUT2D eigenvalue weighted by Crippen LogP contribution is 2.32. The molecule has 1 atom stereocenters. The number of anilines is 1. The largest absolute Gasteiger partial charge is 0.308 e. The molecule has 2 aromatic heterocycles. The van der Waals surface area contributed by atoms with Crippen molar-refractivity contribution < 1.29 is 4.79 Å². The highest BCUT2D eigenvalue weighted by Gasteiger charge is 2.28. The van der Waals surface area contributed by atoms with Crippen molar-refractivity contribution in [2.45, 2.75) is 38.5 Å². The van der Waals surface area contributed by atoms with E-state index >= 15 is 0 Å². The number of nitrogens with one attached hydrogen (secondary N) is 2. The maximum Gasteiger partial charge on any atom is 0.234 e. The average Bonchev–Trinajstić information content (AvgIpc) is 2.87. The van der Waals surface area contributed by atoms with Gasteiger partial charge >= 0.3 is 0 Å². The number of nitrogens with zero attached hydrogens (tertiary/aromatic N) is 2. The molecule has 5 nitrogen and oxygen atoms in total. The Hall–Kier alpha value is -1.69. The number of aromatic amines is 1. The maximum atomic E-state index is 12.6. The fourth-order valence-electron chi connectivity index (χ4n) is 2.75. The Labute approximate surface area is 131 Å². The van der Waals surface area contributed by atoms with Crippen LogP contribution in [0.15, 0.2) is 22.8 Å². The second kappa shape index (κ2) is 5.97. The lowest BCUT2D eigenvalue weighted by Gasteiger charge is -2.23. The smallest absolute Gasteiger partial charge is 0.234 e. The van der Waals surface area contributed by atoms with Gasteiger partial charge in [0.15, 0.2) is 5.82 Å². The summed E-state index contributed by atoms with van der Waals surface area (Å²) in [4.78, 5) is 17.0. The lowest BCUT2D eigenvalue weighted by Crippen LogP contribution is -2.26. The van der Waals surface area contributed by atoms with Crippen molar-refractivity contribution in [1.29, 1.82) is 0 Å². The van der Waals surface area contributed by atoms with E-state index in [1.165, 1.54) is 5.56 Å². The van der Waals surface area contributed by atoms with Crippen molar-refractivity contribution in [3.63, 3.8) is 0 Å². The topological polar surface area (TPSA) is 70.7 Å². The first-order valence-electron chi connectivity index (χ1n) is 7.18. The molecule has 2 aromatic rings. The number of halogens is 1. The van der Waals surface area contributed by atoms with Crippen LogP contribution in [0.2, 0.25) is 0 Å². The minimum Gasteiger partial charge on any atom is -0.308 e. The van der Waals surface area contributed by atoms with Crippen LogP contribution in [0.1, 0.15) is 42.6 Å². The molecule has 0 saturated heterocycles. The summed E-state index contributed by atoms with van der Waals surface area (Å²) >= 11 is 3.47. The highest BCUT2D eigenvalue weighted by atomic mass is 79.9. The molecule has 0 aliphatic heterocycles. The second-order valence-corrected chi connectivity index (χ2v) is 5.99. The van der Waals surface area contributed by atoms with Gasteiger partial charge in [0.2, 0.25) is 5.91 Å². The summed E-state index contributed by atoms with van der Waals surface area (Å²) < 4.78 is 0.829. The molecule has 110 valence electrons. The van der Waals surface area contributed by atoms with E-state index < -0.39 is 0 Å². The molecule has 0 unspecified atom stereocenters. The van der Waals surface area contributed by atoms with E-state index in [0.717, 1.165) is 41.5 Å². The first-order chi connectivity index (χ1) is 10.2. The Bertz CT molecular complexity index is 667. The van der Waals surface area contributed by atoms with Crippen LogP contribution in [0, 0.1) is 0 Å². The Balaban J connectivity index is 1.82. The Morgan fingerprint density at radius 2 is 2.43 bits per heavy atom. The zero-order valence-electron chi connectivity index (χ0n) is 11.8. The van der Waals surface area contributed by atoms with E-state index in [0.29, 0.717) is 5.82 Å². The van der Waals surface area contributed by atoms with Crippen molar-refractivity contribution in [2.24, 2.45) is 0 Å². The van der Waals surface area contributed by atoms with Gasteiger partial charge in [-0.1, -0.05) is 13.0 Å². The molecule has 1 aliphatic rings. The average molecular weight is 349 g/mol. The van der Waals surface area contributed by atoms with Crippen LogP contribution in [0.4, 0.5) is 5.82 Å². The number of rotatable bonds is 3. The van der Waals surface area contributed by atoms with Gasteiger partial charge in [0.05, 0.1) is 21.8 Å². The number of fused-ring (bicyclic) bond motifs is 1. The molecular formula is C15H17BrN4O. The molecule has 0 bridgehead atoms. The number of hydrogen-bond donors (Lipinski definition) is 2. The lowest BCUT2D eigenvalue weighted by atomic mass is 9.86. The van der Waals surface area contributed by atoms with E-state index in [1.54, 1.807) is 6.20 Å².